The third-order valence-corrected chi connectivity index (χ3v) is 23.7. The molecular formula is C85H152N4O34. The fraction of sp³-hybridized carbons (Fsp3) is 0.906. The number of aliphatic hydroxyl groups is 16. The predicted molar refractivity (Wildman–Crippen MR) is 439 cm³/mol. The Hall–Kier alpha value is -4.48. The van der Waals surface area contributed by atoms with Crippen molar-refractivity contribution in [3.05, 3.63) is 12.2 Å². The Bertz CT molecular complexity index is 2990. The highest BCUT2D eigenvalue weighted by atomic mass is 16.8. The Morgan fingerprint density at radius 1 is 0.439 bits per heavy atom. The minimum atomic E-state index is -3.59. The Morgan fingerprint density at radius 3 is 1.29 bits per heavy atom. The molecule has 38 heteroatoms. The van der Waals surface area contributed by atoms with E-state index >= 15 is 0 Å². The number of allylic oxidation sites excluding steroid dienone is 1. The molecule has 29 unspecified atom stereocenters. The fourth-order valence-corrected chi connectivity index (χ4v) is 16.7. The molecule has 0 aliphatic carbocycles. The topological polar surface area (TPSA) is 607 Å². The molecule has 5 aliphatic heterocycles. The molecule has 0 saturated carbocycles. The standard InChI is InChI=1S/C85H152N4O34/c1-6-8-10-12-14-16-18-20-21-22-23-24-25-26-27-28-30-32-34-36-38-40-42-63(102)89-54(55(98)41-39-37-35-33-31-29-19-17-15-13-11-9-7-2)50-114-80-72(108)71(107)74(61(48-93)116-80)118-81-73(109)78(75(62(49-94)117-81)119-79-66(88-53(5)97)70(106)68(104)59(46-91)115-79)123-85(83(112)113)44-57(100)65(87-52(4)96)77(122-85)69(105)60(47-92)120-84(82(110)111)43-56(99)64(86-51(3)95)76(121-84)67(103)58(101)45-90/h39,41,54-62,64-81,90-94,98-101,103-109H,6-38,40,42-50H2,1-5H3,(H,86,95)(H,87,96)(H,88,97)(H,89,102)(H,110,111)(H,112,113). The average molecular weight is 1770 g/mol. The predicted octanol–water partition coefficient (Wildman–Crippen LogP) is 1.04. The number of amides is 4. The van der Waals surface area contributed by atoms with Gasteiger partial charge in [0.1, 0.15) is 110 Å². The number of rotatable bonds is 63. The molecule has 0 bridgehead atoms. The number of carbonyl (C=O) groups excluding carboxylic acids is 4. The first-order chi connectivity index (χ1) is 58.8. The monoisotopic (exact) mass is 1770 g/mol. The molecule has 0 spiro atoms. The lowest BCUT2D eigenvalue weighted by Gasteiger charge is -2.52. The van der Waals surface area contributed by atoms with E-state index in [0.29, 0.717) is 12.8 Å². The van der Waals surface area contributed by atoms with Crippen LogP contribution in [0.15, 0.2) is 12.2 Å². The Kier molecular flexibility index (Phi) is 51.6. The molecule has 5 saturated heterocycles. The summed E-state index contributed by atoms with van der Waals surface area (Å²) in [5, 5.41) is 213. The summed E-state index contributed by atoms with van der Waals surface area (Å²) in [5.41, 5.74) is 0. The van der Waals surface area contributed by atoms with Crippen molar-refractivity contribution in [2.75, 3.05) is 39.6 Å². The van der Waals surface area contributed by atoms with Crippen molar-refractivity contribution >= 4 is 35.6 Å². The molecule has 123 heavy (non-hydrogen) atoms. The van der Waals surface area contributed by atoms with Gasteiger partial charge in [-0.3, -0.25) is 19.2 Å². The molecule has 5 heterocycles. The number of aliphatic hydroxyl groups excluding tert-OH is 16. The summed E-state index contributed by atoms with van der Waals surface area (Å²) in [6, 6.07) is -6.82. The normalized spacial score (nSPS) is 32.1. The second-order valence-corrected chi connectivity index (χ2v) is 33.9. The number of nitrogens with one attached hydrogen (secondary N) is 4. The first kappa shape index (κ1) is 109. The van der Waals surface area contributed by atoms with E-state index < -0.39 is 265 Å². The summed E-state index contributed by atoms with van der Waals surface area (Å²) in [7, 11) is 0. The number of unbranched alkanes of at least 4 members (excludes halogenated alkanes) is 32. The van der Waals surface area contributed by atoms with E-state index in [2.05, 4.69) is 35.1 Å². The van der Waals surface area contributed by atoms with Crippen LogP contribution in [0.4, 0.5) is 0 Å². The van der Waals surface area contributed by atoms with Crippen LogP contribution in [0.25, 0.3) is 0 Å². The van der Waals surface area contributed by atoms with Gasteiger partial charge in [-0.2, -0.15) is 0 Å². The van der Waals surface area contributed by atoms with Crippen molar-refractivity contribution in [2.24, 2.45) is 0 Å². The molecule has 4 amide bonds. The van der Waals surface area contributed by atoms with Gasteiger partial charge in [-0.25, -0.2) is 9.59 Å². The summed E-state index contributed by atoms with van der Waals surface area (Å²) >= 11 is 0. The number of hydrogen-bond acceptors (Lipinski definition) is 32. The van der Waals surface area contributed by atoms with Crippen LogP contribution in [-0.2, 0) is 76.1 Å². The van der Waals surface area contributed by atoms with Crippen LogP contribution in [0.2, 0.25) is 0 Å². The first-order valence-electron chi connectivity index (χ1n) is 45.2. The molecule has 22 N–H and O–H groups in total. The Balaban J connectivity index is 1.38. The van der Waals surface area contributed by atoms with Crippen molar-refractivity contribution in [1.82, 2.24) is 21.3 Å². The van der Waals surface area contributed by atoms with Gasteiger partial charge in [0.2, 0.25) is 23.6 Å². The SMILES string of the molecule is CCCCCCCCCCCCCC=CC(O)C(COC1OC(CO)C(OC2OC(CO)C(OC3OC(CO)C(O)C(O)C3NC(C)=O)C(OC3(C(=O)O)CC(O)C(NC(C)=O)C(C(O)C(CO)OC4(C(=O)O)CC(O)C(NC(C)=O)C(C(O)C(O)CO)O4)O3)C2O)C(O)C1O)NC(=O)CCCCCCCCCCCCCCCCCCCCCCCC. The summed E-state index contributed by atoms with van der Waals surface area (Å²) in [5.74, 6) is -14.6. The third-order valence-electron chi connectivity index (χ3n) is 23.7. The number of carboxylic acid groups (broad SMARTS) is 2. The van der Waals surface area contributed by atoms with Crippen LogP contribution in [0.1, 0.15) is 272 Å². The van der Waals surface area contributed by atoms with Crippen molar-refractivity contribution in [3.63, 3.8) is 0 Å². The third kappa shape index (κ3) is 35.1. The summed E-state index contributed by atoms with van der Waals surface area (Å²) in [4.78, 5) is 79.2. The second kappa shape index (κ2) is 58.2. The van der Waals surface area contributed by atoms with Gasteiger partial charge in [0, 0.05) is 40.0 Å². The molecule has 0 aromatic carbocycles. The zero-order valence-corrected chi connectivity index (χ0v) is 72.7. The van der Waals surface area contributed by atoms with Gasteiger partial charge in [-0.15, -0.1) is 0 Å². The van der Waals surface area contributed by atoms with Crippen LogP contribution < -0.4 is 21.3 Å². The maximum atomic E-state index is 14.2. The summed E-state index contributed by atoms with van der Waals surface area (Å²) < 4.78 is 60.0. The largest absolute Gasteiger partial charge is 0.477 e. The minimum Gasteiger partial charge on any atom is -0.477 e. The van der Waals surface area contributed by atoms with E-state index in [1.165, 1.54) is 147 Å². The van der Waals surface area contributed by atoms with Crippen LogP contribution in [0.5, 0.6) is 0 Å². The second-order valence-electron chi connectivity index (χ2n) is 33.9. The zero-order valence-electron chi connectivity index (χ0n) is 72.7. The van der Waals surface area contributed by atoms with E-state index in [0.717, 1.165) is 85.0 Å². The molecule has 38 nitrogen and oxygen atoms in total. The van der Waals surface area contributed by atoms with E-state index in [4.69, 9.17) is 47.4 Å². The van der Waals surface area contributed by atoms with Crippen LogP contribution in [0, 0.1) is 0 Å². The van der Waals surface area contributed by atoms with Crippen molar-refractivity contribution in [3.8, 4) is 0 Å². The zero-order chi connectivity index (χ0) is 90.8. The Morgan fingerprint density at radius 2 is 0.846 bits per heavy atom. The number of carboxylic acids is 2. The number of aliphatic carboxylic acids is 2. The van der Waals surface area contributed by atoms with Gasteiger partial charge < -0.3 is 161 Å². The smallest absolute Gasteiger partial charge is 0.364 e. The van der Waals surface area contributed by atoms with E-state index in [9.17, 15) is 121 Å². The van der Waals surface area contributed by atoms with Gasteiger partial charge in [0.15, 0.2) is 18.9 Å². The molecule has 5 fully saturated rings. The van der Waals surface area contributed by atoms with E-state index in [1.54, 1.807) is 6.08 Å². The minimum absolute atomic E-state index is 0.113. The molecule has 0 aromatic heterocycles. The molecule has 29 atom stereocenters. The number of ether oxygens (including phenoxy) is 10. The molecule has 716 valence electrons. The maximum Gasteiger partial charge on any atom is 0.364 e. The molecule has 0 radical (unpaired) electrons. The van der Waals surface area contributed by atoms with Gasteiger partial charge in [-0.05, 0) is 19.3 Å². The number of hydrogen-bond donors (Lipinski definition) is 22. The fourth-order valence-electron chi connectivity index (χ4n) is 16.7. The average Bonchev–Trinajstić information content (AvgIpc) is 0.740. The lowest BCUT2D eigenvalue weighted by molar-refractivity contribution is -0.402. The van der Waals surface area contributed by atoms with Crippen LogP contribution in [0.3, 0.4) is 0 Å². The number of carbonyl (C=O) groups is 6. The van der Waals surface area contributed by atoms with Gasteiger partial charge in [-0.1, -0.05) is 225 Å². The first-order valence-corrected chi connectivity index (χ1v) is 45.2. The highest BCUT2D eigenvalue weighted by molar-refractivity contribution is 5.78. The van der Waals surface area contributed by atoms with E-state index in [1.807, 2.05) is 0 Å². The molecule has 5 rings (SSSR count). The lowest BCUT2D eigenvalue weighted by Crippen LogP contribution is -2.72. The summed E-state index contributed by atoms with van der Waals surface area (Å²) in [6.07, 6.45) is -9.72. The molecule has 5 aliphatic rings. The summed E-state index contributed by atoms with van der Waals surface area (Å²) in [6.45, 7) is 0.564. The molecule has 0 aromatic rings. The highest BCUT2D eigenvalue weighted by Crippen LogP contribution is 2.43. The van der Waals surface area contributed by atoms with Gasteiger partial charge in [0.05, 0.1) is 76.1 Å². The molecular weight excluding hydrogens is 1620 g/mol. The van der Waals surface area contributed by atoms with Crippen molar-refractivity contribution < 1.29 is 168 Å². The van der Waals surface area contributed by atoms with Crippen molar-refractivity contribution in [1.29, 1.82) is 0 Å². The van der Waals surface area contributed by atoms with Crippen molar-refractivity contribution in [2.45, 2.75) is 449 Å². The quantitative estimate of drug-likeness (QED) is 0.0299. The van der Waals surface area contributed by atoms with Gasteiger partial charge >= 0.3 is 11.9 Å². The highest BCUT2D eigenvalue weighted by Gasteiger charge is 2.64. The van der Waals surface area contributed by atoms with Crippen LogP contribution in [-0.4, -0.2) is 344 Å². The van der Waals surface area contributed by atoms with E-state index in [-0.39, 0.29) is 6.42 Å². The maximum absolute atomic E-state index is 14.2. The van der Waals surface area contributed by atoms with Gasteiger partial charge in [0.25, 0.3) is 11.6 Å². The lowest BCUT2D eigenvalue weighted by atomic mass is 9.87. The van der Waals surface area contributed by atoms with Crippen LogP contribution >= 0.6 is 0 Å². The Labute approximate surface area is 722 Å².